The van der Waals surface area contributed by atoms with E-state index in [1.165, 1.54) is 0 Å². The highest BCUT2D eigenvalue weighted by molar-refractivity contribution is 5.51. The van der Waals surface area contributed by atoms with E-state index in [2.05, 4.69) is 4.90 Å². The standard InChI is InChI=1S/C7H14N2O.H2/c8-7-1-3-9(4-2-7)5-6-10;/h6-7H,1-5,8H2;1H. The summed E-state index contributed by atoms with van der Waals surface area (Å²) in [5.41, 5.74) is 5.68. The maximum absolute atomic E-state index is 10.1. The minimum Gasteiger partial charge on any atom is -0.328 e. The van der Waals surface area contributed by atoms with Crippen molar-refractivity contribution in [3.05, 3.63) is 0 Å². The maximum Gasteiger partial charge on any atom is 0.133 e. The Hall–Kier alpha value is -0.410. The number of nitrogens with zero attached hydrogens (tertiary/aromatic N) is 1. The first-order valence-corrected chi connectivity index (χ1v) is 3.74. The predicted molar refractivity (Wildman–Crippen MR) is 41.8 cm³/mol. The molecule has 0 aromatic carbocycles. The summed E-state index contributed by atoms with van der Waals surface area (Å²) in [5.74, 6) is 0. The maximum atomic E-state index is 10.1. The first-order chi connectivity index (χ1) is 4.83. The molecule has 10 heavy (non-hydrogen) atoms. The van der Waals surface area contributed by atoms with Crippen molar-refractivity contribution < 1.29 is 6.22 Å². The highest BCUT2D eigenvalue weighted by Gasteiger charge is 2.14. The number of likely N-dealkylation sites (tertiary alicyclic amines) is 1. The Kier molecular flexibility index (Phi) is 2.83. The van der Waals surface area contributed by atoms with Crippen molar-refractivity contribution in [2.24, 2.45) is 5.73 Å². The molecule has 0 unspecified atom stereocenters. The quantitative estimate of drug-likeness (QED) is 0.548. The van der Waals surface area contributed by atoms with E-state index in [0.717, 1.165) is 32.2 Å². The second-order valence-corrected chi connectivity index (χ2v) is 2.80. The molecule has 1 saturated heterocycles. The zero-order valence-electron chi connectivity index (χ0n) is 6.12. The molecule has 0 amide bonds. The van der Waals surface area contributed by atoms with Crippen molar-refractivity contribution in [1.82, 2.24) is 4.90 Å². The van der Waals surface area contributed by atoms with Gasteiger partial charge in [-0.25, -0.2) is 0 Å². The Labute approximate surface area is 62.7 Å². The molecule has 0 aromatic rings. The summed E-state index contributed by atoms with van der Waals surface area (Å²) < 4.78 is 0. The lowest BCUT2D eigenvalue weighted by Crippen LogP contribution is -2.40. The minimum absolute atomic E-state index is 0. The summed E-state index contributed by atoms with van der Waals surface area (Å²) in [6.07, 6.45) is 3.03. The van der Waals surface area contributed by atoms with E-state index in [1.807, 2.05) is 0 Å². The van der Waals surface area contributed by atoms with E-state index in [0.29, 0.717) is 12.6 Å². The molecule has 1 rings (SSSR count). The van der Waals surface area contributed by atoms with Crippen LogP contribution in [-0.2, 0) is 4.79 Å². The van der Waals surface area contributed by atoms with Crippen molar-refractivity contribution in [1.29, 1.82) is 0 Å². The fraction of sp³-hybridized carbons (Fsp3) is 0.857. The molecule has 1 fully saturated rings. The number of carbonyl (C=O) groups excluding carboxylic acids is 1. The van der Waals surface area contributed by atoms with Crippen LogP contribution in [0.2, 0.25) is 0 Å². The van der Waals surface area contributed by atoms with Gasteiger partial charge in [-0.2, -0.15) is 0 Å². The lowest BCUT2D eigenvalue weighted by atomic mass is 10.1. The molecular weight excluding hydrogens is 128 g/mol. The van der Waals surface area contributed by atoms with Crippen LogP contribution in [0.3, 0.4) is 0 Å². The minimum atomic E-state index is 0. The third-order valence-electron chi connectivity index (χ3n) is 1.96. The molecule has 1 aliphatic rings. The fourth-order valence-corrected chi connectivity index (χ4v) is 1.24. The molecule has 3 heteroatoms. The van der Waals surface area contributed by atoms with Crippen LogP contribution < -0.4 is 5.73 Å². The summed E-state index contributed by atoms with van der Waals surface area (Å²) in [6.45, 7) is 2.55. The van der Waals surface area contributed by atoms with Crippen LogP contribution in [0, 0.1) is 0 Å². The van der Waals surface area contributed by atoms with Crippen molar-refractivity contribution >= 4 is 6.29 Å². The van der Waals surface area contributed by atoms with Crippen molar-refractivity contribution in [3.8, 4) is 0 Å². The zero-order valence-corrected chi connectivity index (χ0v) is 6.12. The number of carbonyl (C=O) groups is 1. The van der Waals surface area contributed by atoms with E-state index in [9.17, 15) is 4.79 Å². The summed E-state index contributed by atoms with van der Waals surface area (Å²) in [4.78, 5) is 12.2. The SMILES string of the molecule is NC1CCN(CC=O)CC1.[HH]. The van der Waals surface area contributed by atoms with E-state index in [4.69, 9.17) is 5.73 Å². The van der Waals surface area contributed by atoms with Crippen LogP contribution in [-0.4, -0.2) is 36.9 Å². The van der Waals surface area contributed by atoms with Gasteiger partial charge in [-0.3, -0.25) is 4.90 Å². The lowest BCUT2D eigenvalue weighted by molar-refractivity contribution is -0.109. The van der Waals surface area contributed by atoms with Gasteiger partial charge in [0.15, 0.2) is 0 Å². The number of nitrogens with two attached hydrogens (primary N) is 1. The van der Waals surface area contributed by atoms with Crippen LogP contribution >= 0.6 is 0 Å². The predicted octanol–water partition coefficient (Wildman–Crippen LogP) is -0.146. The number of hydrogen-bond donors (Lipinski definition) is 1. The molecule has 1 aliphatic heterocycles. The molecule has 2 N–H and O–H groups in total. The average Bonchev–Trinajstić information content (AvgIpc) is 1.95. The van der Waals surface area contributed by atoms with Crippen molar-refractivity contribution in [2.45, 2.75) is 18.9 Å². The number of hydrogen-bond acceptors (Lipinski definition) is 3. The molecule has 60 valence electrons. The van der Waals surface area contributed by atoms with E-state index in [-0.39, 0.29) is 1.43 Å². The summed E-state index contributed by atoms with van der Waals surface area (Å²) in [5, 5.41) is 0. The molecular formula is C7H16N2O. The Balaban J connectivity index is 0.000001000. The highest BCUT2D eigenvalue weighted by atomic mass is 16.1. The number of piperidine rings is 1. The number of aldehydes is 1. The topological polar surface area (TPSA) is 46.3 Å². The van der Waals surface area contributed by atoms with Crippen LogP contribution in [0.4, 0.5) is 0 Å². The number of rotatable bonds is 2. The van der Waals surface area contributed by atoms with Crippen LogP contribution in [0.15, 0.2) is 0 Å². The van der Waals surface area contributed by atoms with Gasteiger partial charge in [0.25, 0.3) is 0 Å². The molecule has 0 radical (unpaired) electrons. The van der Waals surface area contributed by atoms with Gasteiger partial charge in [0.2, 0.25) is 0 Å². The first-order valence-electron chi connectivity index (χ1n) is 3.74. The lowest BCUT2D eigenvalue weighted by Gasteiger charge is -2.28. The zero-order chi connectivity index (χ0) is 7.40. The molecule has 0 spiro atoms. The smallest absolute Gasteiger partial charge is 0.133 e. The van der Waals surface area contributed by atoms with Crippen LogP contribution in [0.1, 0.15) is 14.3 Å². The third-order valence-corrected chi connectivity index (χ3v) is 1.96. The van der Waals surface area contributed by atoms with E-state index >= 15 is 0 Å². The molecule has 0 aliphatic carbocycles. The second kappa shape index (κ2) is 3.68. The highest BCUT2D eigenvalue weighted by Crippen LogP contribution is 2.06. The van der Waals surface area contributed by atoms with Crippen LogP contribution in [0.25, 0.3) is 0 Å². The molecule has 0 aromatic heterocycles. The van der Waals surface area contributed by atoms with Gasteiger partial charge in [-0.05, 0) is 12.8 Å². The van der Waals surface area contributed by atoms with Gasteiger partial charge in [-0.1, -0.05) is 0 Å². The summed E-state index contributed by atoms with van der Waals surface area (Å²) in [7, 11) is 0. The molecule has 0 atom stereocenters. The third kappa shape index (κ3) is 2.08. The monoisotopic (exact) mass is 144 g/mol. The van der Waals surface area contributed by atoms with Gasteiger partial charge in [0.05, 0.1) is 6.54 Å². The molecule has 0 saturated carbocycles. The molecule has 0 bridgehead atoms. The van der Waals surface area contributed by atoms with Gasteiger partial charge in [-0.15, -0.1) is 0 Å². The molecule has 3 nitrogen and oxygen atoms in total. The first kappa shape index (κ1) is 7.69. The Bertz CT molecular complexity index is 113. The van der Waals surface area contributed by atoms with Gasteiger partial charge in [0.1, 0.15) is 6.29 Å². The Morgan fingerprint density at radius 2 is 2.20 bits per heavy atom. The summed E-state index contributed by atoms with van der Waals surface area (Å²) >= 11 is 0. The Morgan fingerprint density at radius 1 is 1.60 bits per heavy atom. The van der Waals surface area contributed by atoms with Crippen LogP contribution in [0.5, 0.6) is 0 Å². The summed E-state index contributed by atoms with van der Waals surface area (Å²) in [6, 6.07) is 0.364. The normalized spacial score (nSPS) is 22.9. The average molecular weight is 144 g/mol. The molecule has 1 heterocycles. The van der Waals surface area contributed by atoms with Crippen molar-refractivity contribution in [2.75, 3.05) is 19.6 Å². The van der Waals surface area contributed by atoms with E-state index in [1.54, 1.807) is 0 Å². The van der Waals surface area contributed by atoms with Crippen molar-refractivity contribution in [3.63, 3.8) is 0 Å². The largest absolute Gasteiger partial charge is 0.328 e. The fourth-order valence-electron chi connectivity index (χ4n) is 1.24. The Morgan fingerprint density at radius 3 is 2.70 bits per heavy atom. The second-order valence-electron chi connectivity index (χ2n) is 2.80. The van der Waals surface area contributed by atoms with E-state index < -0.39 is 0 Å². The van der Waals surface area contributed by atoms with Gasteiger partial charge >= 0.3 is 0 Å². The van der Waals surface area contributed by atoms with Gasteiger partial charge < -0.3 is 10.5 Å². The van der Waals surface area contributed by atoms with Gasteiger partial charge in [0, 0.05) is 20.6 Å².